The second-order valence-corrected chi connectivity index (χ2v) is 4.31. The van der Waals surface area contributed by atoms with E-state index in [9.17, 15) is 0 Å². The lowest BCUT2D eigenvalue weighted by Gasteiger charge is -2.26. The third-order valence-corrected chi connectivity index (χ3v) is 2.99. The molecule has 5 nitrogen and oxygen atoms in total. The first kappa shape index (κ1) is 12.1. The second kappa shape index (κ2) is 5.84. The number of aromatic nitrogens is 1. The van der Waals surface area contributed by atoms with Gasteiger partial charge in [-0.05, 0) is 18.6 Å². The highest BCUT2D eigenvalue weighted by Gasteiger charge is 2.09. The van der Waals surface area contributed by atoms with Gasteiger partial charge in [-0.1, -0.05) is 0 Å². The molecule has 1 fully saturated rings. The number of rotatable bonds is 4. The molecule has 0 amide bonds. The van der Waals surface area contributed by atoms with Crippen LogP contribution in [0.5, 0.6) is 0 Å². The Morgan fingerprint density at radius 2 is 2.24 bits per heavy atom. The summed E-state index contributed by atoms with van der Waals surface area (Å²) in [6.07, 6.45) is 1.70. The van der Waals surface area contributed by atoms with Crippen molar-refractivity contribution in [2.75, 3.05) is 50.4 Å². The van der Waals surface area contributed by atoms with Gasteiger partial charge in [-0.3, -0.25) is 4.90 Å². The summed E-state index contributed by atoms with van der Waals surface area (Å²) in [5, 5.41) is 3.31. The average Bonchev–Trinajstić information content (AvgIpc) is 2.35. The number of nitrogens with zero attached hydrogens (tertiary/aromatic N) is 2. The standard InChI is InChI=1S/C12H20N4O/c1-10-8-12(15-9-11(10)13)14-2-3-16-4-6-17-7-5-16/h8-9H,2-7,13H2,1H3,(H,14,15). The second-order valence-electron chi connectivity index (χ2n) is 4.31. The molecule has 0 radical (unpaired) electrons. The Hall–Kier alpha value is -1.33. The number of morpholine rings is 1. The number of aryl methyl sites for hydroxylation is 1. The van der Waals surface area contributed by atoms with Crippen LogP contribution in [0.3, 0.4) is 0 Å². The quantitative estimate of drug-likeness (QED) is 0.806. The summed E-state index contributed by atoms with van der Waals surface area (Å²) in [5.74, 6) is 0.893. The van der Waals surface area contributed by atoms with Crippen molar-refractivity contribution in [1.29, 1.82) is 0 Å². The molecule has 0 aromatic carbocycles. The Bertz CT molecular complexity index is 364. The molecular weight excluding hydrogens is 216 g/mol. The summed E-state index contributed by atoms with van der Waals surface area (Å²) in [5.41, 5.74) is 7.53. The molecule has 0 saturated carbocycles. The lowest BCUT2D eigenvalue weighted by Crippen LogP contribution is -2.39. The summed E-state index contributed by atoms with van der Waals surface area (Å²) in [4.78, 5) is 6.63. The maximum Gasteiger partial charge on any atom is 0.126 e. The van der Waals surface area contributed by atoms with Crippen LogP contribution in [-0.2, 0) is 4.74 Å². The average molecular weight is 236 g/mol. The van der Waals surface area contributed by atoms with E-state index in [0.717, 1.165) is 56.5 Å². The highest BCUT2D eigenvalue weighted by molar-refractivity contribution is 5.50. The van der Waals surface area contributed by atoms with Crippen molar-refractivity contribution < 1.29 is 4.74 Å². The fourth-order valence-corrected chi connectivity index (χ4v) is 1.83. The molecule has 17 heavy (non-hydrogen) atoms. The SMILES string of the molecule is Cc1cc(NCCN2CCOCC2)ncc1N. The van der Waals surface area contributed by atoms with Crippen LogP contribution in [0.2, 0.25) is 0 Å². The van der Waals surface area contributed by atoms with E-state index in [2.05, 4.69) is 15.2 Å². The fourth-order valence-electron chi connectivity index (χ4n) is 1.83. The molecule has 1 aliphatic heterocycles. The van der Waals surface area contributed by atoms with Crippen LogP contribution in [0.25, 0.3) is 0 Å². The van der Waals surface area contributed by atoms with E-state index in [1.54, 1.807) is 6.20 Å². The van der Waals surface area contributed by atoms with Crippen LogP contribution in [0.15, 0.2) is 12.3 Å². The van der Waals surface area contributed by atoms with Crippen molar-refractivity contribution in [3.8, 4) is 0 Å². The van der Waals surface area contributed by atoms with Crippen molar-refractivity contribution in [2.24, 2.45) is 0 Å². The summed E-state index contributed by atoms with van der Waals surface area (Å²) < 4.78 is 5.30. The van der Waals surface area contributed by atoms with Crippen LogP contribution < -0.4 is 11.1 Å². The molecule has 1 aromatic rings. The van der Waals surface area contributed by atoms with Gasteiger partial charge in [0, 0.05) is 26.2 Å². The number of nitrogens with one attached hydrogen (secondary N) is 1. The molecular formula is C12H20N4O. The maximum atomic E-state index is 5.72. The lowest BCUT2D eigenvalue weighted by atomic mass is 10.2. The topological polar surface area (TPSA) is 63.4 Å². The van der Waals surface area contributed by atoms with Gasteiger partial charge >= 0.3 is 0 Å². The highest BCUT2D eigenvalue weighted by atomic mass is 16.5. The molecule has 0 spiro atoms. The maximum absolute atomic E-state index is 5.72. The summed E-state index contributed by atoms with van der Waals surface area (Å²) >= 11 is 0. The number of nitrogen functional groups attached to an aromatic ring is 1. The third-order valence-electron chi connectivity index (χ3n) is 2.99. The molecule has 0 unspecified atom stereocenters. The first-order valence-electron chi connectivity index (χ1n) is 6.02. The van der Waals surface area contributed by atoms with Crippen molar-refractivity contribution >= 4 is 11.5 Å². The van der Waals surface area contributed by atoms with Gasteiger partial charge in [0.2, 0.25) is 0 Å². The molecule has 1 aromatic heterocycles. The Labute approximate surface area is 102 Å². The number of ether oxygens (including phenoxy) is 1. The Morgan fingerprint density at radius 1 is 1.47 bits per heavy atom. The van der Waals surface area contributed by atoms with Crippen molar-refractivity contribution in [1.82, 2.24) is 9.88 Å². The van der Waals surface area contributed by atoms with Gasteiger partial charge in [0.1, 0.15) is 5.82 Å². The zero-order valence-corrected chi connectivity index (χ0v) is 10.3. The number of nitrogens with two attached hydrogens (primary N) is 1. The Morgan fingerprint density at radius 3 is 2.94 bits per heavy atom. The van der Waals surface area contributed by atoms with E-state index in [1.165, 1.54) is 0 Å². The number of pyridine rings is 1. The predicted molar refractivity (Wildman–Crippen MR) is 69.1 cm³/mol. The van der Waals surface area contributed by atoms with Gasteiger partial charge in [0.15, 0.2) is 0 Å². The first-order chi connectivity index (χ1) is 8.25. The third kappa shape index (κ3) is 3.57. The molecule has 1 aliphatic rings. The summed E-state index contributed by atoms with van der Waals surface area (Å²) in [6, 6.07) is 1.98. The van der Waals surface area contributed by atoms with Crippen molar-refractivity contribution in [3.05, 3.63) is 17.8 Å². The van der Waals surface area contributed by atoms with E-state index in [0.29, 0.717) is 0 Å². The zero-order chi connectivity index (χ0) is 12.1. The number of anilines is 2. The van der Waals surface area contributed by atoms with Gasteiger partial charge in [-0.15, -0.1) is 0 Å². The molecule has 0 bridgehead atoms. The molecule has 94 valence electrons. The van der Waals surface area contributed by atoms with Gasteiger partial charge in [0.05, 0.1) is 25.1 Å². The normalized spacial score (nSPS) is 17.0. The Balaban J connectivity index is 1.75. The minimum atomic E-state index is 0.740. The van der Waals surface area contributed by atoms with Crippen molar-refractivity contribution in [2.45, 2.75) is 6.92 Å². The fraction of sp³-hybridized carbons (Fsp3) is 0.583. The Kier molecular flexibility index (Phi) is 4.17. The van der Waals surface area contributed by atoms with Gasteiger partial charge in [-0.2, -0.15) is 0 Å². The number of hydrogen-bond acceptors (Lipinski definition) is 5. The van der Waals surface area contributed by atoms with E-state index < -0.39 is 0 Å². The largest absolute Gasteiger partial charge is 0.397 e. The highest BCUT2D eigenvalue weighted by Crippen LogP contribution is 2.12. The molecule has 1 saturated heterocycles. The van der Waals surface area contributed by atoms with Crippen LogP contribution in [0.4, 0.5) is 11.5 Å². The predicted octanol–water partition coefficient (Wildman–Crippen LogP) is 0.716. The zero-order valence-electron chi connectivity index (χ0n) is 10.3. The van der Waals surface area contributed by atoms with Crippen LogP contribution in [0.1, 0.15) is 5.56 Å². The summed E-state index contributed by atoms with van der Waals surface area (Å²) in [6.45, 7) is 7.65. The molecule has 3 N–H and O–H groups in total. The molecule has 0 aliphatic carbocycles. The van der Waals surface area contributed by atoms with Crippen molar-refractivity contribution in [3.63, 3.8) is 0 Å². The molecule has 2 heterocycles. The minimum absolute atomic E-state index is 0.740. The molecule has 0 atom stereocenters. The summed E-state index contributed by atoms with van der Waals surface area (Å²) in [7, 11) is 0. The molecule has 2 rings (SSSR count). The van der Waals surface area contributed by atoms with E-state index in [1.807, 2.05) is 13.0 Å². The van der Waals surface area contributed by atoms with Crippen LogP contribution >= 0.6 is 0 Å². The van der Waals surface area contributed by atoms with Gasteiger partial charge in [-0.25, -0.2) is 4.98 Å². The molecule has 5 heteroatoms. The van der Waals surface area contributed by atoms with E-state index in [4.69, 9.17) is 10.5 Å². The van der Waals surface area contributed by atoms with Crippen LogP contribution in [-0.4, -0.2) is 49.3 Å². The van der Waals surface area contributed by atoms with E-state index >= 15 is 0 Å². The number of hydrogen-bond donors (Lipinski definition) is 2. The van der Waals surface area contributed by atoms with Gasteiger partial charge in [0.25, 0.3) is 0 Å². The lowest BCUT2D eigenvalue weighted by molar-refractivity contribution is 0.0398. The van der Waals surface area contributed by atoms with E-state index in [-0.39, 0.29) is 0 Å². The first-order valence-corrected chi connectivity index (χ1v) is 6.02. The van der Waals surface area contributed by atoms with Crippen LogP contribution in [0, 0.1) is 6.92 Å². The van der Waals surface area contributed by atoms with Gasteiger partial charge < -0.3 is 15.8 Å². The smallest absolute Gasteiger partial charge is 0.126 e. The monoisotopic (exact) mass is 236 g/mol. The minimum Gasteiger partial charge on any atom is -0.397 e.